The molecule has 6 heteroatoms. The highest BCUT2D eigenvalue weighted by Gasteiger charge is 2.51. The Morgan fingerprint density at radius 3 is 2.32 bits per heavy atom. The molecular formula is C28H36N4OS. The maximum atomic E-state index is 11.5. The van der Waals surface area contributed by atoms with Crippen molar-refractivity contribution < 1.29 is 4.79 Å². The number of nitrogens with one attached hydrogen (secondary N) is 1. The van der Waals surface area contributed by atoms with Gasteiger partial charge in [-0.3, -0.25) is 4.79 Å². The van der Waals surface area contributed by atoms with Crippen molar-refractivity contribution in [1.29, 1.82) is 0 Å². The summed E-state index contributed by atoms with van der Waals surface area (Å²) in [4.78, 5) is 24.2. The molecule has 0 bridgehead atoms. The fourth-order valence-corrected chi connectivity index (χ4v) is 5.90. The highest BCUT2D eigenvalue weighted by molar-refractivity contribution is 8.13. The molecule has 4 rings (SSSR count). The number of para-hydroxylation sites is 1. The van der Waals surface area contributed by atoms with Crippen LogP contribution in [0.1, 0.15) is 58.9 Å². The summed E-state index contributed by atoms with van der Waals surface area (Å²) in [6.07, 6.45) is 6.41. The van der Waals surface area contributed by atoms with Crippen LogP contribution in [0.2, 0.25) is 0 Å². The van der Waals surface area contributed by atoms with Gasteiger partial charge in [-0.25, -0.2) is 9.98 Å². The quantitative estimate of drug-likeness (QED) is 0.510. The average Bonchev–Trinajstić information content (AvgIpc) is 3.07. The van der Waals surface area contributed by atoms with Gasteiger partial charge in [0.1, 0.15) is 5.54 Å². The lowest BCUT2D eigenvalue weighted by molar-refractivity contribution is -0.114. The Balaban J connectivity index is 1.78. The molecule has 1 saturated carbocycles. The van der Waals surface area contributed by atoms with E-state index in [4.69, 9.17) is 9.98 Å². The molecule has 0 aromatic heterocycles. The minimum absolute atomic E-state index is 0.0649. The van der Waals surface area contributed by atoms with Crippen molar-refractivity contribution in [3.05, 3.63) is 54.1 Å². The van der Waals surface area contributed by atoms with Crippen LogP contribution >= 0.6 is 11.8 Å². The Kier molecular flexibility index (Phi) is 6.90. The van der Waals surface area contributed by atoms with E-state index in [9.17, 15) is 4.79 Å². The Bertz CT molecular complexity index is 1110. The molecule has 34 heavy (non-hydrogen) atoms. The molecule has 2 aliphatic rings. The highest BCUT2D eigenvalue weighted by atomic mass is 32.2. The Labute approximate surface area is 208 Å². The fourth-order valence-electron chi connectivity index (χ4n) is 5.26. The number of anilines is 2. The molecule has 0 atom stereocenters. The molecule has 0 unspecified atom stereocenters. The first-order chi connectivity index (χ1) is 16.1. The van der Waals surface area contributed by atoms with E-state index < -0.39 is 0 Å². The van der Waals surface area contributed by atoms with Crippen LogP contribution in [0.25, 0.3) is 0 Å². The minimum atomic E-state index is -0.266. The summed E-state index contributed by atoms with van der Waals surface area (Å²) in [5, 5.41) is 3.85. The van der Waals surface area contributed by atoms with E-state index in [0.717, 1.165) is 59.3 Å². The number of nitrogens with zero attached hydrogens (tertiary/aromatic N) is 3. The SMILES string of the molecule is CSC1=NC(=Nc2ccccc2C)C2(CCC(C(C)(C)C)CC2)N1c1ccc(NC(C)=O)cc1. The Morgan fingerprint density at radius 1 is 1.12 bits per heavy atom. The van der Waals surface area contributed by atoms with Gasteiger partial charge in [0.15, 0.2) is 11.0 Å². The van der Waals surface area contributed by atoms with Gasteiger partial charge in [0.05, 0.1) is 5.69 Å². The molecule has 1 amide bonds. The molecular weight excluding hydrogens is 440 g/mol. The molecule has 1 fully saturated rings. The standard InChI is InChI=1S/C28H36N4OS/c1-19-9-7-8-10-24(19)30-25-28(17-15-21(16-18-28)27(3,4)5)32(26(31-25)34-6)23-13-11-22(12-14-23)29-20(2)33/h7-14,21H,15-18H2,1-6H3,(H,29,33). The number of carbonyl (C=O) groups excluding carboxylic acids is 1. The minimum Gasteiger partial charge on any atom is -0.326 e. The topological polar surface area (TPSA) is 57.1 Å². The summed E-state index contributed by atoms with van der Waals surface area (Å²) in [6.45, 7) is 10.7. The predicted molar refractivity (Wildman–Crippen MR) is 147 cm³/mol. The van der Waals surface area contributed by atoms with E-state index in [-0.39, 0.29) is 11.4 Å². The van der Waals surface area contributed by atoms with Crippen molar-refractivity contribution in [2.45, 2.75) is 65.8 Å². The second-order valence-corrected chi connectivity index (χ2v) is 11.3. The van der Waals surface area contributed by atoms with E-state index in [2.05, 4.69) is 74.5 Å². The number of amides is 1. The molecule has 2 aromatic carbocycles. The van der Waals surface area contributed by atoms with Gasteiger partial charge in [0.2, 0.25) is 5.91 Å². The first-order valence-corrected chi connectivity index (χ1v) is 13.3. The second kappa shape index (κ2) is 9.57. The fraction of sp³-hybridized carbons (Fsp3) is 0.464. The van der Waals surface area contributed by atoms with Gasteiger partial charge in [-0.2, -0.15) is 0 Å². The molecule has 5 nitrogen and oxygen atoms in total. The molecule has 0 radical (unpaired) electrons. The summed E-state index contributed by atoms with van der Waals surface area (Å²) in [7, 11) is 0. The molecule has 180 valence electrons. The number of aliphatic imine (C=N–C) groups is 2. The normalized spacial score (nSPS) is 23.9. The zero-order valence-electron chi connectivity index (χ0n) is 21.2. The lowest BCUT2D eigenvalue weighted by atomic mass is 9.66. The number of amidine groups is 2. The summed E-state index contributed by atoms with van der Waals surface area (Å²) < 4.78 is 0. The van der Waals surface area contributed by atoms with Crippen LogP contribution < -0.4 is 10.2 Å². The maximum absolute atomic E-state index is 11.5. The number of rotatable bonds is 3. The van der Waals surface area contributed by atoms with Crippen molar-refractivity contribution in [2.24, 2.45) is 21.3 Å². The summed E-state index contributed by atoms with van der Waals surface area (Å²) >= 11 is 1.67. The Morgan fingerprint density at radius 2 is 1.76 bits per heavy atom. The van der Waals surface area contributed by atoms with Gasteiger partial charge in [0, 0.05) is 18.3 Å². The maximum Gasteiger partial charge on any atom is 0.221 e. The molecule has 1 N–H and O–H groups in total. The van der Waals surface area contributed by atoms with E-state index in [1.165, 1.54) is 6.92 Å². The number of aryl methyl sites for hydroxylation is 1. The van der Waals surface area contributed by atoms with Gasteiger partial charge < -0.3 is 10.2 Å². The third kappa shape index (κ3) is 4.78. The molecule has 2 aromatic rings. The molecule has 1 spiro atoms. The summed E-state index contributed by atoms with van der Waals surface area (Å²) in [6, 6.07) is 16.4. The lowest BCUT2D eigenvalue weighted by Crippen LogP contribution is -2.54. The first kappa shape index (κ1) is 24.5. The van der Waals surface area contributed by atoms with Crippen molar-refractivity contribution >= 4 is 45.7 Å². The van der Waals surface area contributed by atoms with Crippen LogP contribution in [0, 0.1) is 18.3 Å². The monoisotopic (exact) mass is 476 g/mol. The molecule has 0 saturated heterocycles. The number of carbonyl (C=O) groups is 1. The van der Waals surface area contributed by atoms with Crippen molar-refractivity contribution in [3.8, 4) is 0 Å². The second-order valence-electron chi connectivity index (χ2n) is 10.6. The zero-order chi connectivity index (χ0) is 24.5. The van der Waals surface area contributed by atoms with Crippen molar-refractivity contribution in [2.75, 3.05) is 16.5 Å². The van der Waals surface area contributed by atoms with Crippen LogP contribution in [0.5, 0.6) is 0 Å². The van der Waals surface area contributed by atoms with E-state index >= 15 is 0 Å². The van der Waals surface area contributed by atoms with Gasteiger partial charge in [-0.1, -0.05) is 50.7 Å². The van der Waals surface area contributed by atoms with E-state index in [1.807, 2.05) is 18.2 Å². The zero-order valence-corrected chi connectivity index (χ0v) is 22.0. The number of benzene rings is 2. The summed E-state index contributed by atoms with van der Waals surface area (Å²) in [5.41, 5.74) is 4.07. The van der Waals surface area contributed by atoms with E-state index in [1.54, 1.807) is 11.8 Å². The van der Waals surface area contributed by atoms with Crippen LogP contribution in [-0.2, 0) is 4.79 Å². The number of hydrogen-bond donors (Lipinski definition) is 1. The number of hydrogen-bond acceptors (Lipinski definition) is 4. The smallest absolute Gasteiger partial charge is 0.221 e. The van der Waals surface area contributed by atoms with Crippen LogP contribution in [-0.4, -0.2) is 28.7 Å². The van der Waals surface area contributed by atoms with Crippen molar-refractivity contribution in [1.82, 2.24) is 0 Å². The van der Waals surface area contributed by atoms with E-state index in [0.29, 0.717) is 11.3 Å². The van der Waals surface area contributed by atoms with Crippen LogP contribution in [0.15, 0.2) is 58.5 Å². The largest absolute Gasteiger partial charge is 0.326 e. The third-order valence-electron chi connectivity index (χ3n) is 7.24. The van der Waals surface area contributed by atoms with Crippen LogP contribution in [0.4, 0.5) is 17.1 Å². The lowest BCUT2D eigenvalue weighted by Gasteiger charge is -2.47. The molecule has 1 aliphatic heterocycles. The third-order valence-corrected chi connectivity index (χ3v) is 7.88. The first-order valence-electron chi connectivity index (χ1n) is 12.1. The molecule has 1 heterocycles. The van der Waals surface area contributed by atoms with Crippen LogP contribution in [0.3, 0.4) is 0 Å². The van der Waals surface area contributed by atoms with Gasteiger partial charge in [-0.15, -0.1) is 0 Å². The number of thioether (sulfide) groups is 1. The predicted octanol–water partition coefficient (Wildman–Crippen LogP) is 7.20. The van der Waals surface area contributed by atoms with Gasteiger partial charge in [0.25, 0.3) is 0 Å². The summed E-state index contributed by atoms with van der Waals surface area (Å²) in [5.74, 6) is 1.54. The van der Waals surface area contributed by atoms with Gasteiger partial charge >= 0.3 is 0 Å². The van der Waals surface area contributed by atoms with Crippen molar-refractivity contribution in [3.63, 3.8) is 0 Å². The van der Waals surface area contributed by atoms with Gasteiger partial charge in [-0.05, 0) is 86.1 Å². The molecule has 1 aliphatic carbocycles. The Hall–Kier alpha value is -2.60. The average molecular weight is 477 g/mol. The highest BCUT2D eigenvalue weighted by Crippen LogP contribution is 2.49.